The average molecular weight is 231 g/mol. The first-order valence-electron chi connectivity index (χ1n) is 5.51. The van der Waals surface area contributed by atoms with Crippen molar-refractivity contribution in [2.24, 2.45) is 12.8 Å². The number of hydrogen-bond donors (Lipinski definition) is 1. The molecule has 2 rings (SSSR count). The molecule has 17 heavy (non-hydrogen) atoms. The number of aryl methyl sites for hydroxylation is 2. The van der Waals surface area contributed by atoms with Crippen LogP contribution in [-0.4, -0.2) is 16.9 Å². The molecule has 1 aromatic carbocycles. The third kappa shape index (κ3) is 2.17. The summed E-state index contributed by atoms with van der Waals surface area (Å²) < 4.78 is 7.03. The van der Waals surface area contributed by atoms with Gasteiger partial charge in [-0.2, -0.15) is 5.10 Å². The van der Waals surface area contributed by atoms with Crippen LogP contribution in [0.15, 0.2) is 30.5 Å². The van der Waals surface area contributed by atoms with Crippen LogP contribution < -0.4 is 10.5 Å². The minimum Gasteiger partial charge on any atom is -0.496 e. The number of methoxy groups -OCH3 is 1. The summed E-state index contributed by atoms with van der Waals surface area (Å²) in [5, 5.41) is 4.13. The van der Waals surface area contributed by atoms with Gasteiger partial charge in [-0.25, -0.2) is 0 Å². The van der Waals surface area contributed by atoms with E-state index in [0.717, 1.165) is 22.6 Å². The molecular weight excluding hydrogens is 214 g/mol. The molecule has 1 aromatic heterocycles. The zero-order chi connectivity index (χ0) is 12.4. The van der Waals surface area contributed by atoms with Gasteiger partial charge in [0.2, 0.25) is 0 Å². The van der Waals surface area contributed by atoms with E-state index in [1.807, 2.05) is 32.2 Å². The molecule has 0 amide bonds. The first-order chi connectivity index (χ1) is 8.13. The van der Waals surface area contributed by atoms with Gasteiger partial charge in [-0.05, 0) is 30.2 Å². The third-order valence-corrected chi connectivity index (χ3v) is 2.96. The highest BCUT2D eigenvalue weighted by Gasteiger charge is 2.13. The fraction of sp³-hybridized carbons (Fsp3) is 0.308. The number of ether oxygens (including phenoxy) is 1. The molecule has 2 aromatic rings. The summed E-state index contributed by atoms with van der Waals surface area (Å²) >= 11 is 0. The van der Waals surface area contributed by atoms with Crippen molar-refractivity contribution in [1.29, 1.82) is 0 Å². The van der Waals surface area contributed by atoms with Crippen LogP contribution in [0.5, 0.6) is 5.75 Å². The summed E-state index contributed by atoms with van der Waals surface area (Å²) in [7, 11) is 3.56. The Morgan fingerprint density at radius 2 is 2.12 bits per heavy atom. The summed E-state index contributed by atoms with van der Waals surface area (Å²) in [5.74, 6) is 0.881. The fourth-order valence-corrected chi connectivity index (χ4v) is 1.96. The Kier molecular flexibility index (Phi) is 3.15. The lowest BCUT2D eigenvalue weighted by Crippen LogP contribution is -2.16. The van der Waals surface area contributed by atoms with Gasteiger partial charge in [-0.3, -0.25) is 4.68 Å². The quantitative estimate of drug-likeness (QED) is 0.876. The summed E-state index contributed by atoms with van der Waals surface area (Å²) in [6, 6.07) is 7.76. The second kappa shape index (κ2) is 4.59. The lowest BCUT2D eigenvalue weighted by Gasteiger charge is -2.14. The second-order valence-electron chi connectivity index (χ2n) is 4.09. The zero-order valence-corrected chi connectivity index (χ0v) is 10.3. The Morgan fingerprint density at radius 1 is 1.35 bits per heavy atom. The number of rotatable bonds is 3. The van der Waals surface area contributed by atoms with Crippen molar-refractivity contribution in [1.82, 2.24) is 9.78 Å². The highest BCUT2D eigenvalue weighted by Crippen LogP contribution is 2.24. The summed E-state index contributed by atoms with van der Waals surface area (Å²) in [6.45, 7) is 2.01. The Morgan fingerprint density at radius 3 is 2.65 bits per heavy atom. The number of benzene rings is 1. The molecule has 4 heteroatoms. The lowest BCUT2D eigenvalue weighted by molar-refractivity contribution is 0.411. The molecular formula is C13H17N3O. The van der Waals surface area contributed by atoms with Gasteiger partial charge < -0.3 is 10.5 Å². The van der Waals surface area contributed by atoms with Gasteiger partial charge in [-0.1, -0.05) is 12.1 Å². The Labute approximate surface area is 101 Å². The van der Waals surface area contributed by atoms with E-state index in [2.05, 4.69) is 11.2 Å². The van der Waals surface area contributed by atoms with Crippen LogP contribution in [-0.2, 0) is 7.05 Å². The molecule has 0 saturated carbocycles. The van der Waals surface area contributed by atoms with Crippen molar-refractivity contribution in [3.05, 3.63) is 47.3 Å². The maximum absolute atomic E-state index is 6.22. The van der Waals surface area contributed by atoms with Crippen LogP contribution in [0.3, 0.4) is 0 Å². The maximum Gasteiger partial charge on any atom is 0.121 e. The number of nitrogens with zero attached hydrogens (tertiary/aromatic N) is 2. The fourth-order valence-electron chi connectivity index (χ4n) is 1.96. The Bertz CT molecular complexity index is 519. The van der Waals surface area contributed by atoms with Crippen molar-refractivity contribution in [2.45, 2.75) is 13.0 Å². The van der Waals surface area contributed by atoms with Crippen LogP contribution in [0.1, 0.15) is 22.9 Å². The molecule has 0 saturated heterocycles. The van der Waals surface area contributed by atoms with Crippen molar-refractivity contribution in [3.8, 4) is 5.75 Å². The molecule has 0 bridgehead atoms. The number of aromatic nitrogens is 2. The van der Waals surface area contributed by atoms with Gasteiger partial charge >= 0.3 is 0 Å². The van der Waals surface area contributed by atoms with E-state index in [9.17, 15) is 0 Å². The zero-order valence-electron chi connectivity index (χ0n) is 10.3. The molecule has 0 aliphatic heterocycles. The maximum atomic E-state index is 6.22. The SMILES string of the molecule is COc1ccc(C(N)c2ccnn2C)cc1C. The van der Waals surface area contributed by atoms with E-state index in [1.165, 1.54) is 0 Å². The monoisotopic (exact) mass is 231 g/mol. The standard InChI is InChI=1S/C13H17N3O/c1-9-8-10(4-5-12(9)17-3)13(14)11-6-7-15-16(11)2/h4-8,13H,14H2,1-3H3. The van der Waals surface area contributed by atoms with E-state index in [4.69, 9.17) is 10.5 Å². The molecule has 2 N–H and O–H groups in total. The molecule has 4 nitrogen and oxygen atoms in total. The highest BCUT2D eigenvalue weighted by molar-refractivity contribution is 5.39. The molecule has 1 unspecified atom stereocenters. The van der Waals surface area contributed by atoms with Gasteiger partial charge in [0, 0.05) is 13.2 Å². The van der Waals surface area contributed by atoms with E-state index in [-0.39, 0.29) is 6.04 Å². The first kappa shape index (κ1) is 11.7. The predicted octanol–water partition coefficient (Wildman–Crippen LogP) is 1.79. The van der Waals surface area contributed by atoms with E-state index < -0.39 is 0 Å². The van der Waals surface area contributed by atoms with E-state index in [1.54, 1.807) is 18.0 Å². The Hall–Kier alpha value is -1.81. The van der Waals surface area contributed by atoms with Crippen molar-refractivity contribution >= 4 is 0 Å². The average Bonchev–Trinajstić information content (AvgIpc) is 2.74. The Balaban J connectivity index is 2.35. The van der Waals surface area contributed by atoms with Crippen LogP contribution in [0.25, 0.3) is 0 Å². The van der Waals surface area contributed by atoms with Crippen molar-refractivity contribution < 1.29 is 4.74 Å². The smallest absolute Gasteiger partial charge is 0.121 e. The van der Waals surface area contributed by atoms with E-state index >= 15 is 0 Å². The summed E-state index contributed by atoms with van der Waals surface area (Å²) in [6.07, 6.45) is 1.76. The molecule has 90 valence electrons. The van der Waals surface area contributed by atoms with Crippen molar-refractivity contribution in [2.75, 3.05) is 7.11 Å². The van der Waals surface area contributed by atoms with Crippen LogP contribution in [0.2, 0.25) is 0 Å². The van der Waals surface area contributed by atoms with E-state index in [0.29, 0.717) is 0 Å². The molecule has 0 spiro atoms. The lowest BCUT2D eigenvalue weighted by atomic mass is 10.0. The second-order valence-corrected chi connectivity index (χ2v) is 4.09. The minimum absolute atomic E-state index is 0.160. The number of hydrogen-bond acceptors (Lipinski definition) is 3. The summed E-state index contributed by atoms with van der Waals surface area (Å²) in [4.78, 5) is 0. The first-order valence-corrected chi connectivity index (χ1v) is 5.51. The highest BCUT2D eigenvalue weighted by atomic mass is 16.5. The van der Waals surface area contributed by atoms with Crippen LogP contribution in [0, 0.1) is 6.92 Å². The molecule has 1 atom stereocenters. The van der Waals surface area contributed by atoms with Crippen LogP contribution in [0.4, 0.5) is 0 Å². The summed E-state index contributed by atoms with van der Waals surface area (Å²) in [5.41, 5.74) is 9.36. The van der Waals surface area contributed by atoms with Gasteiger partial charge in [0.15, 0.2) is 0 Å². The molecule has 0 aliphatic rings. The van der Waals surface area contributed by atoms with Crippen molar-refractivity contribution in [3.63, 3.8) is 0 Å². The normalized spacial score (nSPS) is 12.5. The van der Waals surface area contributed by atoms with Crippen LogP contribution >= 0.6 is 0 Å². The minimum atomic E-state index is -0.160. The molecule has 0 fully saturated rings. The van der Waals surface area contributed by atoms with Gasteiger partial charge in [0.1, 0.15) is 5.75 Å². The third-order valence-electron chi connectivity index (χ3n) is 2.96. The topological polar surface area (TPSA) is 53.1 Å². The number of nitrogens with two attached hydrogens (primary N) is 1. The molecule has 1 heterocycles. The van der Waals surface area contributed by atoms with Gasteiger partial charge in [0.05, 0.1) is 18.8 Å². The van der Waals surface area contributed by atoms with Gasteiger partial charge in [0.25, 0.3) is 0 Å². The van der Waals surface area contributed by atoms with Gasteiger partial charge in [-0.15, -0.1) is 0 Å². The molecule has 0 radical (unpaired) electrons. The predicted molar refractivity (Wildman–Crippen MR) is 67.0 cm³/mol. The largest absolute Gasteiger partial charge is 0.496 e. The molecule has 0 aliphatic carbocycles.